The van der Waals surface area contributed by atoms with Gasteiger partial charge in [-0.3, -0.25) is 4.98 Å². The monoisotopic (exact) mass is 300 g/mol. The third-order valence-corrected chi connectivity index (χ3v) is 3.58. The van der Waals surface area contributed by atoms with Crippen LogP contribution in [0.5, 0.6) is 0 Å². The molecule has 0 spiro atoms. The van der Waals surface area contributed by atoms with Crippen LogP contribution in [0.2, 0.25) is 5.15 Å². The topological polar surface area (TPSA) is 68.9 Å². The number of halogens is 1. The lowest BCUT2D eigenvalue weighted by atomic mass is 10.2. The highest BCUT2D eigenvalue weighted by molar-refractivity contribution is 6.29. The van der Waals surface area contributed by atoms with Crippen LogP contribution in [0.25, 0.3) is 0 Å². The van der Waals surface area contributed by atoms with Crippen molar-refractivity contribution in [3.05, 3.63) is 41.4 Å². The Morgan fingerprint density at radius 3 is 2.62 bits per heavy atom. The molecule has 7 heteroatoms. The minimum Gasteiger partial charge on any atom is -0.352 e. The molecular formula is C14H13ClN6. The van der Waals surface area contributed by atoms with E-state index in [-0.39, 0.29) is 0 Å². The summed E-state index contributed by atoms with van der Waals surface area (Å²) in [4.78, 5) is 16.9. The van der Waals surface area contributed by atoms with Crippen LogP contribution in [0, 0.1) is 11.3 Å². The van der Waals surface area contributed by atoms with Crippen molar-refractivity contribution in [1.29, 1.82) is 5.26 Å². The van der Waals surface area contributed by atoms with Crippen molar-refractivity contribution >= 4 is 23.2 Å². The highest BCUT2D eigenvalue weighted by atomic mass is 35.5. The molecule has 0 unspecified atom stereocenters. The van der Waals surface area contributed by atoms with E-state index >= 15 is 0 Å². The molecule has 0 bridgehead atoms. The molecule has 0 N–H and O–H groups in total. The van der Waals surface area contributed by atoms with Crippen molar-refractivity contribution in [3.8, 4) is 6.07 Å². The summed E-state index contributed by atoms with van der Waals surface area (Å²) in [6.07, 6.45) is 4.95. The SMILES string of the molecule is N#Cc1cccnc1N1CCN(c2cncc(Cl)n2)CC1. The van der Waals surface area contributed by atoms with Gasteiger partial charge in [-0.2, -0.15) is 5.26 Å². The normalized spacial score (nSPS) is 14.9. The number of rotatable bonds is 2. The zero-order valence-electron chi connectivity index (χ0n) is 11.3. The minimum atomic E-state index is 0.395. The van der Waals surface area contributed by atoms with Gasteiger partial charge in [0.25, 0.3) is 0 Å². The van der Waals surface area contributed by atoms with E-state index in [0.29, 0.717) is 10.7 Å². The second-order valence-electron chi connectivity index (χ2n) is 4.66. The molecule has 1 fully saturated rings. The van der Waals surface area contributed by atoms with Crippen molar-refractivity contribution in [2.45, 2.75) is 0 Å². The van der Waals surface area contributed by atoms with Gasteiger partial charge < -0.3 is 9.80 Å². The summed E-state index contributed by atoms with van der Waals surface area (Å²) in [6.45, 7) is 3.13. The van der Waals surface area contributed by atoms with Crippen LogP contribution in [0.1, 0.15) is 5.56 Å². The summed E-state index contributed by atoms with van der Waals surface area (Å²) >= 11 is 5.87. The van der Waals surface area contributed by atoms with Gasteiger partial charge in [-0.05, 0) is 12.1 Å². The highest BCUT2D eigenvalue weighted by Gasteiger charge is 2.21. The Morgan fingerprint density at radius 1 is 1.14 bits per heavy atom. The van der Waals surface area contributed by atoms with E-state index < -0.39 is 0 Å². The Bertz CT molecular complexity index is 675. The van der Waals surface area contributed by atoms with Crippen LogP contribution >= 0.6 is 11.6 Å². The number of piperazine rings is 1. The van der Waals surface area contributed by atoms with Gasteiger partial charge in [-0.1, -0.05) is 11.6 Å². The van der Waals surface area contributed by atoms with Crippen LogP contribution in [-0.2, 0) is 0 Å². The molecule has 2 aromatic heterocycles. The molecule has 21 heavy (non-hydrogen) atoms. The van der Waals surface area contributed by atoms with Crippen LogP contribution in [0.4, 0.5) is 11.6 Å². The number of nitrogens with zero attached hydrogens (tertiary/aromatic N) is 6. The van der Waals surface area contributed by atoms with E-state index in [0.717, 1.165) is 37.8 Å². The van der Waals surface area contributed by atoms with E-state index in [1.54, 1.807) is 24.5 Å². The average Bonchev–Trinajstić information content (AvgIpc) is 2.55. The van der Waals surface area contributed by atoms with Gasteiger partial charge in [0, 0.05) is 32.4 Å². The Hall–Kier alpha value is -2.39. The summed E-state index contributed by atoms with van der Waals surface area (Å²) < 4.78 is 0. The second kappa shape index (κ2) is 5.94. The van der Waals surface area contributed by atoms with Gasteiger partial charge >= 0.3 is 0 Å². The molecule has 3 heterocycles. The molecule has 0 aromatic carbocycles. The largest absolute Gasteiger partial charge is 0.352 e. The van der Waals surface area contributed by atoms with Crippen molar-refractivity contribution in [2.75, 3.05) is 36.0 Å². The predicted molar refractivity (Wildman–Crippen MR) is 80.4 cm³/mol. The summed E-state index contributed by atoms with van der Waals surface area (Å²) in [5.74, 6) is 1.53. The number of hydrogen-bond acceptors (Lipinski definition) is 6. The fourth-order valence-corrected chi connectivity index (χ4v) is 2.51. The standard InChI is InChI=1S/C14H13ClN6/c15-12-9-17-10-13(19-12)20-4-6-21(7-5-20)14-11(8-16)2-1-3-18-14/h1-3,9-10H,4-7H2. The van der Waals surface area contributed by atoms with Gasteiger partial charge in [0.15, 0.2) is 0 Å². The van der Waals surface area contributed by atoms with Crippen molar-refractivity contribution in [1.82, 2.24) is 15.0 Å². The van der Waals surface area contributed by atoms with Crippen molar-refractivity contribution < 1.29 is 0 Å². The smallest absolute Gasteiger partial charge is 0.149 e. The average molecular weight is 301 g/mol. The Morgan fingerprint density at radius 2 is 1.90 bits per heavy atom. The summed E-state index contributed by atoms with van der Waals surface area (Å²) in [6, 6.07) is 5.75. The first-order chi connectivity index (χ1) is 10.3. The lowest BCUT2D eigenvalue weighted by Gasteiger charge is -2.36. The molecular weight excluding hydrogens is 288 g/mol. The van der Waals surface area contributed by atoms with Gasteiger partial charge in [0.2, 0.25) is 0 Å². The molecule has 3 rings (SSSR count). The molecule has 1 saturated heterocycles. The van der Waals surface area contributed by atoms with Crippen LogP contribution in [-0.4, -0.2) is 41.1 Å². The minimum absolute atomic E-state index is 0.395. The molecule has 2 aromatic rings. The molecule has 0 aliphatic carbocycles. The first-order valence-electron chi connectivity index (χ1n) is 6.60. The van der Waals surface area contributed by atoms with Crippen molar-refractivity contribution in [3.63, 3.8) is 0 Å². The van der Waals surface area contributed by atoms with Gasteiger partial charge in [0.1, 0.15) is 22.9 Å². The maximum Gasteiger partial charge on any atom is 0.149 e. The van der Waals surface area contributed by atoms with E-state index in [1.807, 2.05) is 0 Å². The zero-order chi connectivity index (χ0) is 14.7. The third kappa shape index (κ3) is 2.88. The Kier molecular flexibility index (Phi) is 3.84. The second-order valence-corrected chi connectivity index (χ2v) is 5.05. The summed E-state index contributed by atoms with van der Waals surface area (Å²) in [5, 5.41) is 9.54. The maximum absolute atomic E-state index is 9.15. The fourth-order valence-electron chi connectivity index (χ4n) is 2.37. The van der Waals surface area contributed by atoms with Crippen molar-refractivity contribution in [2.24, 2.45) is 0 Å². The zero-order valence-corrected chi connectivity index (χ0v) is 12.0. The van der Waals surface area contributed by atoms with E-state index in [9.17, 15) is 0 Å². The number of hydrogen-bond donors (Lipinski definition) is 0. The van der Waals surface area contributed by atoms with Gasteiger partial charge in [-0.25, -0.2) is 9.97 Å². The molecule has 0 amide bonds. The molecule has 1 aliphatic rings. The fraction of sp³-hybridized carbons (Fsp3) is 0.286. The van der Waals surface area contributed by atoms with Crippen LogP contribution in [0.3, 0.4) is 0 Å². The first-order valence-corrected chi connectivity index (χ1v) is 6.98. The van der Waals surface area contributed by atoms with Crippen LogP contribution in [0.15, 0.2) is 30.7 Å². The number of nitriles is 1. The predicted octanol–water partition coefficient (Wildman–Crippen LogP) is 1.72. The number of anilines is 2. The Balaban J connectivity index is 1.72. The quantitative estimate of drug-likeness (QED) is 0.841. The molecule has 0 saturated carbocycles. The number of pyridine rings is 1. The molecule has 0 radical (unpaired) electrons. The maximum atomic E-state index is 9.15. The first kappa shape index (κ1) is 13.6. The lowest BCUT2D eigenvalue weighted by molar-refractivity contribution is 0.640. The molecule has 106 valence electrons. The Labute approximate surface area is 127 Å². The van der Waals surface area contributed by atoms with Gasteiger partial charge in [-0.15, -0.1) is 0 Å². The lowest BCUT2D eigenvalue weighted by Crippen LogP contribution is -2.47. The third-order valence-electron chi connectivity index (χ3n) is 3.40. The van der Waals surface area contributed by atoms with Gasteiger partial charge in [0.05, 0.1) is 18.0 Å². The summed E-state index contributed by atoms with van der Waals surface area (Å²) in [7, 11) is 0. The van der Waals surface area contributed by atoms with Crippen LogP contribution < -0.4 is 9.80 Å². The summed E-state index contributed by atoms with van der Waals surface area (Å²) in [5.41, 5.74) is 0.605. The molecule has 1 aliphatic heterocycles. The number of aromatic nitrogens is 3. The van der Waals surface area contributed by atoms with E-state index in [1.165, 1.54) is 6.20 Å². The van der Waals surface area contributed by atoms with E-state index in [4.69, 9.17) is 16.9 Å². The molecule has 0 atom stereocenters. The highest BCUT2D eigenvalue weighted by Crippen LogP contribution is 2.20. The molecule has 6 nitrogen and oxygen atoms in total. The van der Waals surface area contributed by atoms with E-state index in [2.05, 4.69) is 30.8 Å².